The van der Waals surface area contributed by atoms with Crippen molar-refractivity contribution in [2.75, 3.05) is 0 Å². The molecule has 2 nitrogen and oxygen atoms in total. The van der Waals surface area contributed by atoms with Crippen LogP contribution in [0.3, 0.4) is 0 Å². The fourth-order valence-electron chi connectivity index (χ4n) is 14.3. The number of nitrogens with zero attached hydrogens (tertiary/aromatic N) is 2. The maximum absolute atomic E-state index is 5.25. The van der Waals surface area contributed by atoms with Gasteiger partial charge in [0.25, 0.3) is 0 Å². The summed E-state index contributed by atoms with van der Waals surface area (Å²) in [5.41, 5.74) is 21.9. The summed E-state index contributed by atoms with van der Waals surface area (Å²) in [6, 6.07) is 90.1. The van der Waals surface area contributed by atoms with Gasteiger partial charge in [-0.3, -0.25) is 9.97 Å². The van der Waals surface area contributed by atoms with Gasteiger partial charge in [0.1, 0.15) is 0 Å². The number of rotatable bonds is 10. The van der Waals surface area contributed by atoms with Gasteiger partial charge in [-0.05, 0) is 134 Å². The van der Waals surface area contributed by atoms with Gasteiger partial charge in [0.15, 0.2) is 0 Å². The van der Waals surface area contributed by atoms with E-state index in [1.54, 1.807) is 0 Å². The van der Waals surface area contributed by atoms with E-state index in [9.17, 15) is 0 Å². The topological polar surface area (TPSA) is 25.8 Å². The fraction of sp³-hybridized carbons (Fsp3) is 0.189. The molecule has 0 bridgehead atoms. The Morgan fingerprint density at radius 3 is 1.04 bits per heavy atom. The zero-order chi connectivity index (χ0) is 50.5. The first-order valence-electron chi connectivity index (χ1n) is 27.9. The Labute approximate surface area is 469 Å². The first-order valence-corrected chi connectivity index (χ1v) is 27.9. The monoisotopic (exact) mass is 1170 g/mol. The van der Waals surface area contributed by atoms with Gasteiger partial charge in [-0.1, -0.05) is 196 Å². The van der Waals surface area contributed by atoms with Crippen LogP contribution in [0.15, 0.2) is 231 Å². The van der Waals surface area contributed by atoms with Crippen LogP contribution in [0.25, 0.3) is 33.4 Å². The van der Waals surface area contributed by atoms with Crippen LogP contribution in [0.1, 0.15) is 154 Å². The van der Waals surface area contributed by atoms with Crippen molar-refractivity contribution >= 4 is 11.1 Å². The van der Waals surface area contributed by atoms with Gasteiger partial charge in [-0.2, -0.15) is 0 Å². The molecule has 0 aliphatic heterocycles. The molecule has 4 aliphatic carbocycles. The van der Waals surface area contributed by atoms with Gasteiger partial charge in [0.2, 0.25) is 0 Å². The minimum Gasteiger partial charge on any atom is -0.260 e. The predicted octanol–water partition coefficient (Wildman–Crippen LogP) is 17.9. The molecule has 0 atom stereocenters. The molecular formula is C74H60N2Pt. The number of fused-ring (bicyclic) bond motifs is 6. The second kappa shape index (κ2) is 20.8. The van der Waals surface area contributed by atoms with Crippen LogP contribution in [0.4, 0.5) is 0 Å². The predicted molar refractivity (Wildman–Crippen MR) is 310 cm³/mol. The van der Waals surface area contributed by atoms with Crippen molar-refractivity contribution in [1.29, 1.82) is 0 Å². The normalized spacial score (nSPS) is 16.1. The summed E-state index contributed by atoms with van der Waals surface area (Å²) in [6.07, 6.45) is 16.8. The van der Waals surface area contributed by atoms with Crippen molar-refractivity contribution in [1.82, 2.24) is 9.97 Å². The average molecular weight is 1170 g/mol. The van der Waals surface area contributed by atoms with Gasteiger partial charge in [-0.15, -0.1) is 76.4 Å². The van der Waals surface area contributed by atoms with E-state index in [1.165, 1.54) is 137 Å². The molecule has 8 aromatic carbocycles. The smallest absolute Gasteiger partial charge is 0.260 e. The molecule has 0 radical (unpaired) electrons. The SMILES string of the molecule is [Pt+2].[c-]1c(C(=C(c2ccc(C3CCCCC3)cc2)c2ccc(C3CCCCC3)cc2)c2[c-]c(C3(c4ccccn4)c4ccccc4-c4ccccc43)ccc2)cccc1C1(c2ccccn2)c2ccccc2-c2ccccc21. The van der Waals surface area contributed by atoms with Crippen molar-refractivity contribution in [3.63, 3.8) is 0 Å². The van der Waals surface area contributed by atoms with Crippen molar-refractivity contribution in [2.45, 2.75) is 86.9 Å². The first kappa shape index (κ1) is 49.1. The Balaban J connectivity index is 0.00000566. The van der Waals surface area contributed by atoms with E-state index in [4.69, 9.17) is 9.97 Å². The van der Waals surface area contributed by atoms with Crippen LogP contribution < -0.4 is 0 Å². The van der Waals surface area contributed by atoms with Gasteiger partial charge in [-0.25, -0.2) is 0 Å². The van der Waals surface area contributed by atoms with Crippen molar-refractivity contribution < 1.29 is 21.1 Å². The van der Waals surface area contributed by atoms with Gasteiger partial charge >= 0.3 is 21.1 Å². The maximum Gasteiger partial charge on any atom is 2.00 e. The van der Waals surface area contributed by atoms with Crippen LogP contribution in [-0.2, 0) is 31.9 Å². The molecule has 0 amide bonds. The third-order valence-electron chi connectivity index (χ3n) is 17.7. The molecule has 2 heterocycles. The molecule has 3 heteroatoms. The van der Waals surface area contributed by atoms with Crippen molar-refractivity contribution in [2.24, 2.45) is 0 Å². The zero-order valence-corrected chi connectivity index (χ0v) is 45.6. The second-order valence-corrected chi connectivity index (χ2v) is 21.7. The van der Waals surface area contributed by atoms with E-state index in [0.717, 1.165) is 39.2 Å². The largest absolute Gasteiger partial charge is 2.00 e. The summed E-state index contributed by atoms with van der Waals surface area (Å²) in [5, 5.41) is 0. The van der Waals surface area contributed by atoms with E-state index in [1.807, 2.05) is 24.5 Å². The van der Waals surface area contributed by atoms with Crippen molar-refractivity contribution in [3.8, 4) is 22.3 Å². The standard InChI is InChI=1S/C74H60N2.Pt/c1-3-21-51(22-4-1)53-39-43-55(44-40-53)71(56-45-41-54(42-46-56)52-23-5-2-6-24-52)72(57-25-19-27-59(49-57)73(69-37-15-17-47-75-69)65-33-11-7-29-61(65)62-30-8-12-34-66(62)73)58-26-20-28-60(50-58)74(70-38-16-18-48-76-70)67-35-13-9-31-63(67)64-32-10-14-36-68(64)74;/h7-20,25-48,51-52H,1-6,21-24H2;/q-2;+2. The Hall–Kier alpha value is -7.51. The van der Waals surface area contributed by atoms with Gasteiger partial charge < -0.3 is 0 Å². The Morgan fingerprint density at radius 1 is 0.338 bits per heavy atom. The molecule has 0 N–H and O–H groups in total. The molecule has 0 saturated heterocycles. The van der Waals surface area contributed by atoms with E-state index in [2.05, 4.69) is 218 Å². The first-order chi connectivity index (χ1) is 37.7. The molecular weight excluding hydrogens is 1110 g/mol. The van der Waals surface area contributed by atoms with Crippen LogP contribution in [-0.4, -0.2) is 9.97 Å². The van der Waals surface area contributed by atoms with Crippen LogP contribution >= 0.6 is 0 Å². The van der Waals surface area contributed by atoms with Gasteiger partial charge in [0, 0.05) is 12.4 Å². The number of hydrogen-bond acceptors (Lipinski definition) is 2. The zero-order valence-electron chi connectivity index (χ0n) is 43.4. The Bertz CT molecular complexity index is 3430. The third kappa shape index (κ3) is 8.17. The van der Waals surface area contributed by atoms with Crippen LogP contribution in [0.5, 0.6) is 0 Å². The average Bonchev–Trinajstić information content (AvgIpc) is 4.23. The minimum atomic E-state index is -0.731. The molecule has 2 fully saturated rings. The maximum atomic E-state index is 5.25. The number of aromatic nitrogens is 2. The number of pyridine rings is 2. The molecule has 376 valence electrons. The second-order valence-electron chi connectivity index (χ2n) is 21.7. The summed E-state index contributed by atoms with van der Waals surface area (Å²) < 4.78 is 0. The van der Waals surface area contributed by atoms with E-state index < -0.39 is 10.8 Å². The molecule has 10 aromatic rings. The Kier molecular flexibility index (Phi) is 13.3. The summed E-state index contributed by atoms with van der Waals surface area (Å²) in [4.78, 5) is 10.5. The Morgan fingerprint density at radius 2 is 0.688 bits per heavy atom. The van der Waals surface area contributed by atoms with E-state index in [-0.39, 0.29) is 21.1 Å². The quantitative estimate of drug-likeness (QED) is 0.101. The molecule has 0 unspecified atom stereocenters. The van der Waals surface area contributed by atoms with Crippen molar-refractivity contribution in [3.05, 3.63) is 321 Å². The van der Waals surface area contributed by atoms with E-state index in [0.29, 0.717) is 11.8 Å². The van der Waals surface area contributed by atoms with Gasteiger partial charge in [0.05, 0.1) is 22.2 Å². The summed E-state index contributed by atoms with van der Waals surface area (Å²) in [6.45, 7) is 0. The van der Waals surface area contributed by atoms with E-state index >= 15 is 0 Å². The molecule has 14 rings (SSSR count). The molecule has 0 spiro atoms. The number of benzene rings is 8. The third-order valence-corrected chi connectivity index (χ3v) is 17.7. The summed E-state index contributed by atoms with van der Waals surface area (Å²) in [5.74, 6) is 1.19. The molecule has 77 heavy (non-hydrogen) atoms. The van der Waals surface area contributed by atoms with Crippen LogP contribution in [0.2, 0.25) is 0 Å². The summed E-state index contributed by atoms with van der Waals surface area (Å²) >= 11 is 0. The minimum absolute atomic E-state index is 0. The molecule has 4 aliphatic rings. The molecule has 2 aromatic heterocycles. The fourth-order valence-corrected chi connectivity index (χ4v) is 14.3. The summed E-state index contributed by atoms with van der Waals surface area (Å²) in [7, 11) is 0. The molecule has 2 saturated carbocycles. The van der Waals surface area contributed by atoms with Crippen LogP contribution in [0, 0.1) is 12.1 Å². The number of hydrogen-bond donors (Lipinski definition) is 0.